The second-order valence-corrected chi connectivity index (χ2v) is 6.38. The Morgan fingerprint density at radius 3 is 2.50 bits per heavy atom. The highest BCUT2D eigenvalue weighted by Gasteiger charge is 2.33. The van der Waals surface area contributed by atoms with Gasteiger partial charge in [0.1, 0.15) is 0 Å². The number of nitrogens with zero attached hydrogens (tertiary/aromatic N) is 1. The third-order valence-corrected chi connectivity index (χ3v) is 4.90. The zero-order valence-electron chi connectivity index (χ0n) is 10.8. The van der Waals surface area contributed by atoms with Gasteiger partial charge in [-0.05, 0) is 24.6 Å². The molecular formula is C13H12BrF3N2S. The summed E-state index contributed by atoms with van der Waals surface area (Å²) < 4.78 is 38.8. The number of rotatable bonds is 2. The van der Waals surface area contributed by atoms with Gasteiger partial charge in [-0.3, -0.25) is 0 Å². The van der Waals surface area contributed by atoms with Gasteiger partial charge >= 0.3 is 6.18 Å². The third-order valence-electron chi connectivity index (χ3n) is 3.04. The molecule has 0 saturated carbocycles. The first-order chi connectivity index (χ1) is 9.20. The predicted molar refractivity (Wildman–Crippen MR) is 77.9 cm³/mol. The molecule has 1 atom stereocenters. The van der Waals surface area contributed by atoms with Gasteiger partial charge in [0.15, 0.2) is 5.13 Å². The molecule has 20 heavy (non-hydrogen) atoms. The molecule has 108 valence electrons. The molecule has 0 aliphatic carbocycles. The van der Waals surface area contributed by atoms with E-state index in [0.29, 0.717) is 10.7 Å². The summed E-state index contributed by atoms with van der Waals surface area (Å²) >= 11 is 4.25. The zero-order valence-corrected chi connectivity index (χ0v) is 13.2. The molecule has 0 radical (unpaired) electrons. The number of hydrogen-bond acceptors (Lipinski definition) is 3. The van der Waals surface area contributed by atoms with E-state index in [0.717, 1.165) is 10.6 Å². The average molecular weight is 365 g/mol. The first-order valence-electron chi connectivity index (χ1n) is 5.79. The summed E-state index contributed by atoms with van der Waals surface area (Å²) in [5, 5.41) is 0.428. The van der Waals surface area contributed by atoms with Crippen LogP contribution in [0.4, 0.5) is 18.3 Å². The van der Waals surface area contributed by atoms with E-state index >= 15 is 0 Å². The van der Waals surface area contributed by atoms with Gasteiger partial charge in [-0.15, -0.1) is 11.3 Å². The number of alkyl halides is 3. The minimum Gasteiger partial charge on any atom is -0.375 e. The maximum Gasteiger partial charge on any atom is 0.417 e. The Morgan fingerprint density at radius 2 is 2.00 bits per heavy atom. The second kappa shape index (κ2) is 5.37. The molecule has 0 amide bonds. The van der Waals surface area contributed by atoms with Gasteiger partial charge < -0.3 is 5.73 Å². The number of anilines is 1. The van der Waals surface area contributed by atoms with Crippen LogP contribution in [0.2, 0.25) is 0 Å². The van der Waals surface area contributed by atoms with Crippen LogP contribution in [0, 0.1) is 6.92 Å². The lowest BCUT2D eigenvalue weighted by molar-refractivity contribution is -0.138. The summed E-state index contributed by atoms with van der Waals surface area (Å²) in [6.07, 6.45) is -4.38. The van der Waals surface area contributed by atoms with E-state index in [1.165, 1.54) is 23.5 Å². The van der Waals surface area contributed by atoms with E-state index in [1.54, 1.807) is 6.07 Å². The van der Waals surface area contributed by atoms with Gasteiger partial charge in [-0.2, -0.15) is 13.2 Å². The molecule has 0 saturated heterocycles. The Morgan fingerprint density at radius 1 is 1.35 bits per heavy atom. The average Bonchev–Trinajstić information content (AvgIpc) is 2.66. The molecule has 2 nitrogen and oxygen atoms in total. The third kappa shape index (κ3) is 2.98. The summed E-state index contributed by atoms with van der Waals surface area (Å²) in [6.45, 7) is 3.66. The van der Waals surface area contributed by atoms with Crippen LogP contribution in [0.25, 0.3) is 0 Å². The van der Waals surface area contributed by atoms with Crippen molar-refractivity contribution in [2.24, 2.45) is 0 Å². The summed E-state index contributed by atoms with van der Waals surface area (Å²) in [6, 6.07) is 4.28. The van der Waals surface area contributed by atoms with Crippen LogP contribution in [-0.2, 0) is 6.18 Å². The normalized spacial score (nSPS) is 13.5. The van der Waals surface area contributed by atoms with E-state index in [9.17, 15) is 13.2 Å². The van der Waals surface area contributed by atoms with E-state index in [2.05, 4.69) is 20.9 Å². The fourth-order valence-corrected chi connectivity index (χ4v) is 3.40. The van der Waals surface area contributed by atoms with Gasteiger partial charge in [0, 0.05) is 15.3 Å². The molecule has 2 aromatic rings. The fourth-order valence-electron chi connectivity index (χ4n) is 2.01. The standard InChI is InChI=1S/C13H12BrF3N2S/c1-6(11-7(2)19-12(18)20-11)8-3-4-10(14)9(5-8)13(15,16)17/h3-6H,1-2H3,(H2,18,19). The van der Waals surface area contributed by atoms with Crippen LogP contribution in [-0.4, -0.2) is 4.98 Å². The number of nitrogen functional groups attached to an aromatic ring is 1. The smallest absolute Gasteiger partial charge is 0.375 e. The Hall–Kier alpha value is -1.08. The first kappa shape index (κ1) is 15.3. The topological polar surface area (TPSA) is 38.9 Å². The van der Waals surface area contributed by atoms with E-state index in [4.69, 9.17) is 5.73 Å². The molecule has 2 N–H and O–H groups in total. The molecule has 0 spiro atoms. The number of thiazole rings is 1. The Labute approximate surface area is 127 Å². The Kier molecular flexibility index (Phi) is 4.11. The number of aryl methyl sites for hydroxylation is 1. The van der Waals surface area contributed by atoms with Crippen molar-refractivity contribution in [3.63, 3.8) is 0 Å². The molecule has 2 rings (SSSR count). The molecule has 7 heteroatoms. The van der Waals surface area contributed by atoms with Crippen LogP contribution < -0.4 is 5.73 Å². The molecule has 0 aliphatic rings. The maximum atomic E-state index is 12.9. The summed E-state index contributed by atoms with van der Waals surface area (Å²) in [5.41, 5.74) is 6.32. The van der Waals surface area contributed by atoms with Crippen LogP contribution in [0.15, 0.2) is 22.7 Å². The molecule has 1 unspecified atom stereocenters. The molecular weight excluding hydrogens is 353 g/mol. The van der Waals surface area contributed by atoms with Crippen LogP contribution in [0.3, 0.4) is 0 Å². The lowest BCUT2D eigenvalue weighted by Gasteiger charge is -2.15. The molecule has 1 heterocycles. The van der Waals surface area contributed by atoms with Crippen molar-refractivity contribution in [1.29, 1.82) is 0 Å². The highest BCUT2D eigenvalue weighted by atomic mass is 79.9. The van der Waals surface area contributed by atoms with Crippen molar-refractivity contribution in [1.82, 2.24) is 4.98 Å². The predicted octanol–water partition coefficient (Wildman–Crippen LogP) is 4.97. The fraction of sp³-hybridized carbons (Fsp3) is 0.308. The Bertz CT molecular complexity index is 637. The molecule has 0 bridgehead atoms. The minimum absolute atomic E-state index is 0.0430. The first-order valence-corrected chi connectivity index (χ1v) is 7.40. The second-order valence-electron chi connectivity index (χ2n) is 4.46. The van der Waals surface area contributed by atoms with Crippen LogP contribution in [0.1, 0.15) is 34.5 Å². The zero-order chi connectivity index (χ0) is 15.1. The summed E-state index contributed by atoms with van der Waals surface area (Å²) in [4.78, 5) is 5.00. The van der Waals surface area contributed by atoms with E-state index in [1.807, 2.05) is 13.8 Å². The molecule has 0 aliphatic heterocycles. The summed E-state index contributed by atoms with van der Waals surface area (Å²) in [5.74, 6) is -0.181. The number of aromatic nitrogens is 1. The lowest BCUT2D eigenvalue weighted by atomic mass is 9.96. The maximum absolute atomic E-state index is 12.9. The number of halogens is 4. The highest BCUT2D eigenvalue weighted by Crippen LogP contribution is 2.39. The Balaban J connectivity index is 2.46. The molecule has 1 aromatic heterocycles. The van der Waals surface area contributed by atoms with Crippen molar-refractivity contribution in [3.05, 3.63) is 44.4 Å². The number of benzene rings is 1. The van der Waals surface area contributed by atoms with Crippen molar-refractivity contribution in [2.45, 2.75) is 25.9 Å². The van der Waals surface area contributed by atoms with Gasteiger partial charge in [0.2, 0.25) is 0 Å². The van der Waals surface area contributed by atoms with Gasteiger partial charge in [-0.25, -0.2) is 4.98 Å². The van der Waals surface area contributed by atoms with E-state index in [-0.39, 0.29) is 10.4 Å². The van der Waals surface area contributed by atoms with Crippen LogP contribution in [0.5, 0.6) is 0 Å². The summed E-state index contributed by atoms with van der Waals surface area (Å²) in [7, 11) is 0. The number of hydrogen-bond donors (Lipinski definition) is 1. The van der Waals surface area contributed by atoms with Gasteiger partial charge in [0.05, 0.1) is 11.3 Å². The van der Waals surface area contributed by atoms with E-state index < -0.39 is 11.7 Å². The minimum atomic E-state index is -4.38. The monoisotopic (exact) mass is 364 g/mol. The number of nitrogens with two attached hydrogens (primary N) is 1. The lowest BCUT2D eigenvalue weighted by Crippen LogP contribution is -2.08. The van der Waals surface area contributed by atoms with Gasteiger partial charge in [0.25, 0.3) is 0 Å². The quantitative estimate of drug-likeness (QED) is 0.817. The van der Waals surface area contributed by atoms with Crippen molar-refractivity contribution >= 4 is 32.4 Å². The molecule has 0 fully saturated rings. The van der Waals surface area contributed by atoms with Crippen molar-refractivity contribution in [2.75, 3.05) is 5.73 Å². The van der Waals surface area contributed by atoms with Crippen molar-refractivity contribution < 1.29 is 13.2 Å². The SMILES string of the molecule is Cc1nc(N)sc1C(C)c1ccc(Br)c(C(F)(F)F)c1. The van der Waals surface area contributed by atoms with Gasteiger partial charge in [-0.1, -0.05) is 28.9 Å². The largest absolute Gasteiger partial charge is 0.417 e. The van der Waals surface area contributed by atoms with Crippen LogP contribution >= 0.6 is 27.3 Å². The molecule has 1 aromatic carbocycles. The highest BCUT2D eigenvalue weighted by molar-refractivity contribution is 9.10. The van der Waals surface area contributed by atoms with Crippen molar-refractivity contribution in [3.8, 4) is 0 Å².